The zero-order valence-corrected chi connectivity index (χ0v) is 22.1. The molecule has 1 aliphatic heterocycles. The Morgan fingerprint density at radius 2 is 1.80 bits per heavy atom. The second-order valence-electron chi connectivity index (χ2n) is 9.77. The summed E-state index contributed by atoms with van der Waals surface area (Å²) in [6.45, 7) is 10.7. The van der Waals surface area contributed by atoms with Gasteiger partial charge in [-0.2, -0.15) is 0 Å². The van der Waals surface area contributed by atoms with E-state index < -0.39 is 7.60 Å². The Kier molecular flexibility index (Phi) is 7.70. The summed E-state index contributed by atoms with van der Waals surface area (Å²) in [5.41, 5.74) is 7.68. The topological polar surface area (TPSA) is 65.0 Å². The first kappa shape index (κ1) is 25.5. The van der Waals surface area contributed by atoms with Gasteiger partial charge in [0.05, 0.1) is 12.7 Å². The van der Waals surface area contributed by atoms with Crippen molar-refractivity contribution in [1.29, 1.82) is 0 Å². The third-order valence-corrected chi connectivity index (χ3v) is 8.12. The Morgan fingerprint density at radius 3 is 2.49 bits per heavy atom. The number of phenols is 1. The van der Waals surface area contributed by atoms with Crippen LogP contribution in [0.5, 0.6) is 11.5 Å². The molecule has 0 unspecified atom stereocenters. The molecule has 3 aromatic carbocycles. The van der Waals surface area contributed by atoms with Gasteiger partial charge in [-0.1, -0.05) is 55.8 Å². The van der Waals surface area contributed by atoms with Gasteiger partial charge in [0.2, 0.25) is 0 Å². The minimum Gasteiger partial charge on any atom is -0.508 e. The molecule has 186 valence electrons. The molecule has 0 spiro atoms. The van der Waals surface area contributed by atoms with Gasteiger partial charge in [-0.25, -0.2) is 0 Å². The number of aryl methyl sites for hydroxylation is 3. The summed E-state index contributed by atoms with van der Waals surface area (Å²) in [5, 5.41) is 10.1. The van der Waals surface area contributed by atoms with Crippen molar-refractivity contribution in [1.82, 2.24) is 0 Å². The van der Waals surface area contributed by atoms with Crippen LogP contribution in [-0.2, 0) is 20.0 Å². The lowest BCUT2D eigenvalue weighted by molar-refractivity contribution is 0.0725. The van der Waals surface area contributed by atoms with Crippen molar-refractivity contribution in [3.63, 3.8) is 0 Å². The molecule has 1 saturated heterocycles. The van der Waals surface area contributed by atoms with Crippen LogP contribution < -0.4 is 4.74 Å². The Morgan fingerprint density at radius 1 is 1.06 bits per heavy atom. The van der Waals surface area contributed by atoms with Gasteiger partial charge in [-0.15, -0.1) is 0 Å². The molecule has 0 aliphatic carbocycles. The maximum atomic E-state index is 13.3. The molecule has 0 amide bonds. The third kappa shape index (κ3) is 6.16. The Balaban J connectivity index is 1.45. The van der Waals surface area contributed by atoms with Crippen molar-refractivity contribution in [3.05, 3.63) is 93.5 Å². The van der Waals surface area contributed by atoms with Crippen molar-refractivity contribution < 1.29 is 23.5 Å². The standard InChI is InChI=1S/C29H35O5P/c1-19(2)26-16-23(9-10-28(26)30)17-27-21(4)14-25(15-22(27)5)32-18-35(31)33-12-11-29(34-35)24-8-6-7-20(3)13-24/h6-10,13-16,19,29-30H,11-12,17-18H2,1-5H3/t29-,35-/m1/s1. The van der Waals surface area contributed by atoms with Crippen molar-refractivity contribution in [2.24, 2.45) is 0 Å². The summed E-state index contributed by atoms with van der Waals surface area (Å²) in [6.07, 6.45) is 1.05. The van der Waals surface area contributed by atoms with Gasteiger partial charge in [0.1, 0.15) is 11.5 Å². The van der Waals surface area contributed by atoms with Gasteiger partial charge in [0.15, 0.2) is 6.35 Å². The smallest absolute Gasteiger partial charge is 0.368 e. The number of hydrogen-bond donors (Lipinski definition) is 1. The Bertz CT molecular complexity index is 1230. The summed E-state index contributed by atoms with van der Waals surface area (Å²) >= 11 is 0. The van der Waals surface area contributed by atoms with E-state index in [0.717, 1.165) is 39.8 Å². The molecule has 5 nitrogen and oxygen atoms in total. The highest BCUT2D eigenvalue weighted by Gasteiger charge is 2.35. The molecule has 1 N–H and O–H groups in total. The van der Waals surface area contributed by atoms with Gasteiger partial charge in [-0.3, -0.25) is 9.09 Å². The quantitative estimate of drug-likeness (QED) is 0.340. The molecule has 0 bridgehead atoms. The SMILES string of the molecule is Cc1cccc([C@H]2CCO[P@](=O)(COc3cc(C)c(Cc4ccc(O)c(C(C)C)c4)c(C)c3)O2)c1. The van der Waals surface area contributed by atoms with Crippen LogP contribution in [-0.4, -0.2) is 18.1 Å². The van der Waals surface area contributed by atoms with E-state index in [1.54, 1.807) is 6.07 Å². The molecular weight excluding hydrogens is 459 g/mol. The average molecular weight is 495 g/mol. The van der Waals surface area contributed by atoms with E-state index in [4.69, 9.17) is 13.8 Å². The fourth-order valence-electron chi connectivity index (χ4n) is 4.59. The molecule has 3 aromatic rings. The molecule has 35 heavy (non-hydrogen) atoms. The van der Waals surface area contributed by atoms with Crippen LogP contribution in [0.4, 0.5) is 0 Å². The molecule has 0 aromatic heterocycles. The van der Waals surface area contributed by atoms with Gasteiger partial charge in [0.25, 0.3) is 0 Å². The number of phenolic OH excluding ortho intramolecular Hbond substituents is 1. The lowest BCUT2D eigenvalue weighted by Crippen LogP contribution is -2.17. The highest BCUT2D eigenvalue weighted by molar-refractivity contribution is 7.53. The van der Waals surface area contributed by atoms with Crippen LogP contribution in [0.2, 0.25) is 0 Å². The van der Waals surface area contributed by atoms with Gasteiger partial charge >= 0.3 is 7.60 Å². The predicted molar refractivity (Wildman–Crippen MR) is 140 cm³/mol. The number of ether oxygens (including phenoxy) is 1. The summed E-state index contributed by atoms with van der Waals surface area (Å²) in [5.74, 6) is 1.25. The minimum atomic E-state index is -3.38. The summed E-state index contributed by atoms with van der Waals surface area (Å²) in [6, 6.07) is 17.8. The molecule has 2 atom stereocenters. The van der Waals surface area contributed by atoms with E-state index in [9.17, 15) is 9.67 Å². The first-order valence-electron chi connectivity index (χ1n) is 12.2. The first-order chi connectivity index (χ1) is 16.6. The molecule has 1 heterocycles. The molecule has 0 saturated carbocycles. The van der Waals surface area contributed by atoms with E-state index in [-0.39, 0.29) is 18.4 Å². The van der Waals surface area contributed by atoms with Crippen LogP contribution in [0.3, 0.4) is 0 Å². The second kappa shape index (κ2) is 10.6. The van der Waals surface area contributed by atoms with E-state index in [0.29, 0.717) is 24.5 Å². The zero-order valence-electron chi connectivity index (χ0n) is 21.2. The lowest BCUT2D eigenvalue weighted by atomic mass is 9.93. The average Bonchev–Trinajstić information content (AvgIpc) is 2.81. The highest BCUT2D eigenvalue weighted by Crippen LogP contribution is 2.56. The fourth-order valence-corrected chi connectivity index (χ4v) is 6.09. The zero-order chi connectivity index (χ0) is 25.2. The number of aromatic hydroxyl groups is 1. The van der Waals surface area contributed by atoms with E-state index in [1.807, 2.05) is 43.3 Å². The van der Waals surface area contributed by atoms with Crippen LogP contribution in [0.15, 0.2) is 54.6 Å². The third-order valence-electron chi connectivity index (χ3n) is 6.52. The predicted octanol–water partition coefficient (Wildman–Crippen LogP) is 7.74. The number of benzene rings is 3. The van der Waals surface area contributed by atoms with Crippen LogP contribution >= 0.6 is 7.60 Å². The molecule has 4 rings (SSSR count). The Hall–Kier alpha value is -2.59. The van der Waals surface area contributed by atoms with Crippen LogP contribution in [0, 0.1) is 20.8 Å². The fraction of sp³-hybridized carbons (Fsp3) is 0.379. The molecule has 1 fully saturated rings. The monoisotopic (exact) mass is 494 g/mol. The minimum absolute atomic E-state index is 0.122. The van der Waals surface area contributed by atoms with Gasteiger partial charge in [-0.05, 0) is 84.7 Å². The van der Waals surface area contributed by atoms with E-state index in [1.165, 1.54) is 5.56 Å². The second-order valence-corrected chi connectivity index (χ2v) is 11.7. The lowest BCUT2D eigenvalue weighted by Gasteiger charge is -2.30. The van der Waals surface area contributed by atoms with Crippen molar-refractivity contribution in [2.75, 3.05) is 13.0 Å². The molecule has 1 aliphatic rings. The summed E-state index contributed by atoms with van der Waals surface area (Å²) < 4.78 is 30.7. The maximum absolute atomic E-state index is 13.3. The van der Waals surface area contributed by atoms with Crippen molar-refractivity contribution in [2.45, 2.75) is 59.5 Å². The molecule has 0 radical (unpaired) electrons. The van der Waals surface area contributed by atoms with Gasteiger partial charge in [0, 0.05) is 6.42 Å². The summed E-state index contributed by atoms with van der Waals surface area (Å²) in [4.78, 5) is 0. The van der Waals surface area contributed by atoms with E-state index >= 15 is 0 Å². The molecular formula is C29H35O5P. The van der Waals surface area contributed by atoms with E-state index in [2.05, 4.69) is 39.8 Å². The maximum Gasteiger partial charge on any atom is 0.368 e. The van der Waals surface area contributed by atoms with Crippen LogP contribution in [0.1, 0.15) is 71.2 Å². The first-order valence-corrected chi connectivity index (χ1v) is 13.9. The number of hydrogen-bond acceptors (Lipinski definition) is 5. The Labute approximate surface area is 208 Å². The normalized spacial score (nSPS) is 20.2. The molecule has 6 heteroatoms. The van der Waals surface area contributed by atoms with Crippen LogP contribution in [0.25, 0.3) is 0 Å². The summed E-state index contributed by atoms with van der Waals surface area (Å²) in [7, 11) is -3.38. The number of rotatable bonds is 7. The van der Waals surface area contributed by atoms with Crippen molar-refractivity contribution in [3.8, 4) is 11.5 Å². The van der Waals surface area contributed by atoms with Crippen molar-refractivity contribution >= 4 is 7.60 Å². The van der Waals surface area contributed by atoms with Gasteiger partial charge < -0.3 is 14.4 Å². The highest BCUT2D eigenvalue weighted by atomic mass is 31.2. The largest absolute Gasteiger partial charge is 0.508 e.